The van der Waals surface area contributed by atoms with Crippen LogP contribution in [0.4, 0.5) is 5.69 Å². The number of anilines is 1. The van der Waals surface area contributed by atoms with Gasteiger partial charge in [-0.15, -0.1) is 0 Å². The van der Waals surface area contributed by atoms with Gasteiger partial charge < -0.3 is 14.8 Å². The van der Waals surface area contributed by atoms with E-state index in [-0.39, 0.29) is 6.61 Å². The fraction of sp³-hybridized carbons (Fsp3) is 0.105. The van der Waals surface area contributed by atoms with E-state index in [1.807, 2.05) is 6.07 Å². The lowest BCUT2D eigenvalue weighted by molar-refractivity contribution is -0.142. The van der Waals surface area contributed by atoms with E-state index in [1.165, 1.54) is 6.08 Å². The zero-order valence-corrected chi connectivity index (χ0v) is 13.6. The monoisotopic (exact) mass is 336 g/mol. The number of benzene rings is 2. The van der Waals surface area contributed by atoms with Gasteiger partial charge in [0.1, 0.15) is 5.75 Å². The van der Waals surface area contributed by atoms with E-state index in [1.54, 1.807) is 61.7 Å². The zero-order valence-electron chi connectivity index (χ0n) is 13.6. The molecule has 0 saturated carbocycles. The number of esters is 1. The molecule has 6 nitrogen and oxygen atoms in total. The van der Waals surface area contributed by atoms with Crippen LogP contribution in [0.3, 0.4) is 0 Å². The fourth-order valence-electron chi connectivity index (χ4n) is 1.89. The number of hydrogen-bond donors (Lipinski definition) is 1. The molecule has 0 bridgehead atoms. The molecule has 126 valence electrons. The van der Waals surface area contributed by atoms with Gasteiger partial charge in [-0.1, -0.05) is 12.1 Å². The van der Waals surface area contributed by atoms with Crippen LogP contribution in [0.25, 0.3) is 6.08 Å². The fourth-order valence-corrected chi connectivity index (χ4v) is 1.89. The number of carbonyl (C=O) groups is 2. The molecule has 0 aliphatic carbocycles. The van der Waals surface area contributed by atoms with Crippen LogP contribution < -0.4 is 10.1 Å². The summed E-state index contributed by atoms with van der Waals surface area (Å²) in [6.07, 6.45) is 2.77. The molecule has 0 atom stereocenters. The predicted molar refractivity (Wildman–Crippen MR) is 92.8 cm³/mol. The van der Waals surface area contributed by atoms with Crippen molar-refractivity contribution in [2.24, 2.45) is 0 Å². The largest absolute Gasteiger partial charge is 0.497 e. The lowest BCUT2D eigenvalue weighted by atomic mass is 10.1. The minimum absolute atomic E-state index is 0.386. The van der Waals surface area contributed by atoms with Crippen LogP contribution in [-0.4, -0.2) is 25.6 Å². The summed E-state index contributed by atoms with van der Waals surface area (Å²) >= 11 is 0. The Morgan fingerprint density at radius 1 is 1.12 bits per heavy atom. The number of amides is 1. The Labute approximate surface area is 145 Å². The average molecular weight is 336 g/mol. The van der Waals surface area contributed by atoms with Crippen molar-refractivity contribution in [1.29, 1.82) is 5.26 Å². The first kappa shape index (κ1) is 17.8. The van der Waals surface area contributed by atoms with Crippen molar-refractivity contribution in [2.45, 2.75) is 0 Å². The molecule has 6 heteroatoms. The van der Waals surface area contributed by atoms with Crippen molar-refractivity contribution in [3.05, 3.63) is 65.7 Å². The summed E-state index contributed by atoms with van der Waals surface area (Å²) in [5, 5.41) is 11.3. The topological polar surface area (TPSA) is 88.4 Å². The third kappa shape index (κ3) is 5.84. The molecule has 0 aliphatic rings. The van der Waals surface area contributed by atoms with Gasteiger partial charge in [0.15, 0.2) is 6.61 Å². The smallest absolute Gasteiger partial charge is 0.331 e. The van der Waals surface area contributed by atoms with Crippen LogP contribution in [-0.2, 0) is 14.3 Å². The number of nitrogens with one attached hydrogen (secondary N) is 1. The molecule has 1 N–H and O–H groups in total. The zero-order chi connectivity index (χ0) is 18.1. The van der Waals surface area contributed by atoms with Crippen LogP contribution in [0, 0.1) is 11.3 Å². The first-order chi connectivity index (χ1) is 12.1. The molecule has 0 unspecified atom stereocenters. The second kappa shape index (κ2) is 8.89. The Morgan fingerprint density at radius 2 is 1.80 bits per heavy atom. The Hall–Kier alpha value is -3.59. The lowest BCUT2D eigenvalue weighted by Crippen LogP contribution is -2.20. The Kier molecular flexibility index (Phi) is 6.32. The summed E-state index contributed by atoms with van der Waals surface area (Å²) in [6.45, 7) is -0.386. The molecule has 0 saturated heterocycles. The van der Waals surface area contributed by atoms with E-state index >= 15 is 0 Å². The van der Waals surface area contributed by atoms with Gasteiger partial charge >= 0.3 is 5.97 Å². The van der Waals surface area contributed by atoms with Crippen LogP contribution in [0.5, 0.6) is 5.75 Å². The van der Waals surface area contributed by atoms with E-state index < -0.39 is 11.9 Å². The number of rotatable bonds is 6. The van der Waals surface area contributed by atoms with Crippen LogP contribution in [0.15, 0.2) is 54.6 Å². The maximum Gasteiger partial charge on any atom is 0.331 e. The molecule has 25 heavy (non-hydrogen) atoms. The van der Waals surface area contributed by atoms with Crippen molar-refractivity contribution in [3.63, 3.8) is 0 Å². The number of nitrogens with zero attached hydrogens (tertiary/aromatic N) is 1. The number of methoxy groups -OCH3 is 1. The summed E-state index contributed by atoms with van der Waals surface area (Å²) in [7, 11) is 1.55. The minimum atomic E-state index is -0.630. The highest BCUT2D eigenvalue weighted by molar-refractivity contribution is 5.94. The van der Waals surface area contributed by atoms with Crippen LogP contribution >= 0.6 is 0 Å². The molecule has 0 spiro atoms. The summed E-state index contributed by atoms with van der Waals surface area (Å²) in [4.78, 5) is 23.4. The molecule has 0 heterocycles. The van der Waals surface area contributed by atoms with Crippen molar-refractivity contribution in [3.8, 4) is 11.8 Å². The molecule has 0 fully saturated rings. The van der Waals surface area contributed by atoms with Gasteiger partial charge in [-0.25, -0.2) is 4.79 Å². The Balaban J connectivity index is 1.79. The first-order valence-corrected chi connectivity index (χ1v) is 7.39. The van der Waals surface area contributed by atoms with E-state index in [2.05, 4.69) is 5.32 Å². The number of carbonyl (C=O) groups excluding carboxylic acids is 2. The van der Waals surface area contributed by atoms with E-state index in [0.29, 0.717) is 17.0 Å². The molecule has 0 radical (unpaired) electrons. The van der Waals surface area contributed by atoms with E-state index in [9.17, 15) is 9.59 Å². The van der Waals surface area contributed by atoms with Crippen molar-refractivity contribution in [1.82, 2.24) is 0 Å². The molecule has 2 rings (SSSR count). The quantitative estimate of drug-likeness (QED) is 0.647. The molecule has 2 aromatic rings. The highest BCUT2D eigenvalue weighted by atomic mass is 16.5. The summed E-state index contributed by atoms with van der Waals surface area (Å²) in [5.41, 5.74) is 1.86. The normalized spacial score (nSPS) is 10.1. The highest BCUT2D eigenvalue weighted by Crippen LogP contribution is 2.14. The number of ether oxygens (including phenoxy) is 2. The minimum Gasteiger partial charge on any atom is -0.497 e. The number of nitriles is 1. The summed E-state index contributed by atoms with van der Waals surface area (Å²) < 4.78 is 9.90. The summed E-state index contributed by atoms with van der Waals surface area (Å²) in [5.74, 6) is -0.392. The van der Waals surface area contributed by atoms with Gasteiger partial charge in [0, 0.05) is 11.8 Å². The number of hydrogen-bond acceptors (Lipinski definition) is 5. The average Bonchev–Trinajstić information content (AvgIpc) is 2.65. The molecular formula is C19H16N2O4. The van der Waals surface area contributed by atoms with Gasteiger partial charge in [0.2, 0.25) is 0 Å². The van der Waals surface area contributed by atoms with Crippen molar-refractivity contribution < 1.29 is 19.1 Å². The van der Waals surface area contributed by atoms with Gasteiger partial charge in [0.25, 0.3) is 5.91 Å². The Morgan fingerprint density at radius 3 is 2.40 bits per heavy atom. The third-order valence-corrected chi connectivity index (χ3v) is 3.17. The summed E-state index contributed by atoms with van der Waals surface area (Å²) in [6, 6.07) is 15.5. The highest BCUT2D eigenvalue weighted by Gasteiger charge is 2.06. The van der Waals surface area contributed by atoms with Crippen molar-refractivity contribution in [2.75, 3.05) is 19.0 Å². The SMILES string of the molecule is COc1ccc(NC(=O)COC(=O)/C=C/c2ccc(C#N)cc2)cc1. The first-order valence-electron chi connectivity index (χ1n) is 7.39. The molecular weight excluding hydrogens is 320 g/mol. The predicted octanol–water partition coefficient (Wildman–Crippen LogP) is 2.76. The van der Waals surface area contributed by atoms with Gasteiger partial charge in [-0.3, -0.25) is 4.79 Å². The second-order valence-electron chi connectivity index (χ2n) is 4.95. The van der Waals surface area contributed by atoms with Gasteiger partial charge in [-0.05, 0) is 48.0 Å². The standard InChI is InChI=1S/C19H16N2O4/c1-24-17-9-7-16(8-10-17)21-18(22)13-25-19(23)11-6-14-2-4-15(12-20)5-3-14/h2-11H,13H2,1H3,(H,21,22)/b11-6+. The van der Waals surface area contributed by atoms with Crippen molar-refractivity contribution >= 4 is 23.6 Å². The molecule has 1 amide bonds. The third-order valence-electron chi connectivity index (χ3n) is 3.17. The van der Waals surface area contributed by atoms with E-state index in [0.717, 1.165) is 5.56 Å². The van der Waals surface area contributed by atoms with Crippen LogP contribution in [0.1, 0.15) is 11.1 Å². The molecule has 0 aliphatic heterocycles. The lowest BCUT2D eigenvalue weighted by Gasteiger charge is -2.06. The van der Waals surface area contributed by atoms with Crippen LogP contribution in [0.2, 0.25) is 0 Å². The molecule has 2 aromatic carbocycles. The second-order valence-corrected chi connectivity index (χ2v) is 4.95. The van der Waals surface area contributed by atoms with Gasteiger partial charge in [0.05, 0.1) is 18.7 Å². The van der Waals surface area contributed by atoms with E-state index in [4.69, 9.17) is 14.7 Å². The van der Waals surface area contributed by atoms with Gasteiger partial charge in [-0.2, -0.15) is 5.26 Å². The Bertz CT molecular complexity index is 803. The maximum absolute atomic E-state index is 11.7. The molecule has 0 aromatic heterocycles. The maximum atomic E-state index is 11.7.